The molecule has 6 heteroatoms. The van der Waals surface area contributed by atoms with Crippen LogP contribution < -0.4 is 0 Å². The molecule has 0 spiro atoms. The maximum atomic E-state index is 9.82. The summed E-state index contributed by atoms with van der Waals surface area (Å²) in [7, 11) is 0. The summed E-state index contributed by atoms with van der Waals surface area (Å²) in [4.78, 5) is 9.82. The molecule has 0 heterocycles. The number of carbonyl (C=O) groups is 1. The first kappa shape index (κ1) is 24.5. The van der Waals surface area contributed by atoms with Crippen molar-refractivity contribution in [2.75, 3.05) is 13.2 Å². The molecule has 0 atom stereocenters. The highest BCUT2D eigenvalue weighted by Crippen LogP contribution is 2.03. The van der Waals surface area contributed by atoms with Gasteiger partial charge in [0.05, 0.1) is 6.61 Å². The second kappa shape index (κ2) is 20.8. The smallest absolute Gasteiger partial charge is 0.302 e. The number of aliphatic hydroxyl groups excluding tert-OH is 1. The van der Waals surface area contributed by atoms with Gasteiger partial charge in [-0.25, -0.2) is 0 Å². The molecule has 0 amide bonds. The zero-order valence-electron chi connectivity index (χ0n) is 12.3. The van der Waals surface area contributed by atoms with Crippen LogP contribution in [0.5, 0.6) is 0 Å². The van der Waals surface area contributed by atoms with Crippen LogP contribution in [0.2, 0.25) is 0 Å². The highest BCUT2D eigenvalue weighted by molar-refractivity contribution is 6.63. The molecule has 0 saturated carbocycles. The van der Waals surface area contributed by atoms with Crippen molar-refractivity contribution in [2.45, 2.75) is 32.0 Å². The fourth-order valence-electron chi connectivity index (χ4n) is 0.738. The van der Waals surface area contributed by atoms with E-state index in [9.17, 15) is 4.79 Å². The van der Waals surface area contributed by atoms with E-state index in [4.69, 9.17) is 39.9 Å². The lowest BCUT2D eigenvalue weighted by molar-refractivity contribution is -0.140. The number of ether oxygens (including phenoxy) is 1. The number of esters is 1. The number of halogens is 3. The molecule has 0 radical (unpaired) electrons. The molecule has 0 unspecified atom stereocenters. The van der Waals surface area contributed by atoms with Crippen LogP contribution in [0.4, 0.5) is 0 Å². The Kier molecular flexibility index (Phi) is 25.6. The maximum absolute atomic E-state index is 9.82. The van der Waals surface area contributed by atoms with E-state index in [1.54, 1.807) is 13.8 Å². The van der Waals surface area contributed by atoms with Crippen LogP contribution in [0, 0.1) is 6.92 Å². The number of benzene rings is 1. The molecule has 0 aliphatic carbocycles. The third-order valence-corrected chi connectivity index (χ3v) is 1.29. The van der Waals surface area contributed by atoms with Gasteiger partial charge in [-0.2, -0.15) is 0 Å². The molecule has 0 bridgehead atoms. The number of aryl methyl sites for hydroxylation is 1. The summed E-state index contributed by atoms with van der Waals surface area (Å²) in [5.74, 6) is -0.211. The molecule has 0 aromatic heterocycles. The van der Waals surface area contributed by atoms with Crippen LogP contribution in [-0.2, 0) is 9.53 Å². The summed E-state index contributed by atoms with van der Waals surface area (Å²) in [5, 5.41) is 7.57. The Morgan fingerprint density at radius 3 is 1.65 bits per heavy atom. The first-order valence-electron chi connectivity index (χ1n) is 5.99. The number of carbonyl (C=O) groups excluding carboxylic acids is 1. The van der Waals surface area contributed by atoms with Gasteiger partial charge in [-0.3, -0.25) is 4.79 Å². The van der Waals surface area contributed by atoms with Gasteiger partial charge in [0.1, 0.15) is 0 Å². The van der Waals surface area contributed by atoms with Crippen molar-refractivity contribution in [2.24, 2.45) is 0 Å². The first-order chi connectivity index (χ1) is 9.31. The van der Waals surface area contributed by atoms with Crippen molar-refractivity contribution in [1.29, 1.82) is 0 Å². The van der Waals surface area contributed by atoms with Crippen molar-refractivity contribution < 1.29 is 14.6 Å². The van der Waals surface area contributed by atoms with Crippen molar-refractivity contribution >= 4 is 40.8 Å². The Labute approximate surface area is 136 Å². The lowest BCUT2D eigenvalue weighted by Gasteiger charge is -1.89. The Morgan fingerprint density at radius 2 is 1.55 bits per heavy atom. The van der Waals surface area contributed by atoms with Gasteiger partial charge in [-0.15, -0.1) is 0 Å². The second-order valence-electron chi connectivity index (χ2n) is 3.14. The third-order valence-electron chi connectivity index (χ3n) is 1.29. The quantitative estimate of drug-likeness (QED) is 0.600. The van der Waals surface area contributed by atoms with Gasteiger partial charge in [-0.1, -0.05) is 70.7 Å². The number of aliphatic hydroxyl groups is 1. The van der Waals surface area contributed by atoms with E-state index in [0.29, 0.717) is 6.61 Å². The molecule has 0 fully saturated rings. The molecule has 3 nitrogen and oxygen atoms in total. The average molecular weight is 346 g/mol. The molecule has 1 aromatic rings. The van der Waals surface area contributed by atoms with Gasteiger partial charge in [0.15, 0.2) is 4.30 Å². The van der Waals surface area contributed by atoms with Gasteiger partial charge < -0.3 is 9.84 Å². The largest absolute Gasteiger partial charge is 0.466 e. The molecular formula is C14H23Cl3O3. The minimum atomic E-state index is -0.750. The average Bonchev–Trinajstić information content (AvgIpc) is 2.30. The number of hydrogen-bond acceptors (Lipinski definition) is 3. The fraction of sp³-hybridized carbons (Fsp3) is 0.500. The van der Waals surface area contributed by atoms with E-state index < -0.39 is 4.30 Å². The van der Waals surface area contributed by atoms with Gasteiger partial charge >= 0.3 is 5.97 Å². The lowest BCUT2D eigenvalue weighted by atomic mass is 10.2. The molecule has 0 aliphatic rings. The van der Waals surface area contributed by atoms with Crippen molar-refractivity contribution in [3.63, 3.8) is 0 Å². The molecule has 0 aliphatic heterocycles. The van der Waals surface area contributed by atoms with Gasteiger partial charge in [0.2, 0.25) is 0 Å². The number of alkyl halides is 3. The Balaban J connectivity index is -0.000000204. The molecule has 1 N–H and O–H groups in total. The van der Waals surface area contributed by atoms with E-state index in [2.05, 4.69) is 23.8 Å². The summed E-state index contributed by atoms with van der Waals surface area (Å²) in [6.45, 7) is 7.67. The zero-order chi connectivity index (χ0) is 16.4. The second-order valence-corrected chi connectivity index (χ2v) is 5.12. The summed E-state index contributed by atoms with van der Waals surface area (Å²) < 4.78 is 3.65. The van der Waals surface area contributed by atoms with E-state index >= 15 is 0 Å². The topological polar surface area (TPSA) is 46.5 Å². The molecule has 1 aromatic carbocycles. The molecule has 0 saturated heterocycles. The van der Waals surface area contributed by atoms with E-state index in [0.717, 1.165) is 0 Å². The standard InChI is InChI=1S/C7H8.C4H8O2.C2H6O.CHCl3/c1-7-5-3-2-4-6-7;1-3-6-4(2)5;1-2-3;2-1(3)4/h2-6H,1H3;3H2,1-2H3;3H,2H2,1H3;1H. The Morgan fingerprint density at radius 1 is 1.20 bits per heavy atom. The summed E-state index contributed by atoms with van der Waals surface area (Å²) in [5.41, 5.74) is 1.32. The van der Waals surface area contributed by atoms with Crippen LogP contribution in [0.3, 0.4) is 0 Å². The van der Waals surface area contributed by atoms with Crippen molar-refractivity contribution in [1.82, 2.24) is 0 Å². The summed E-state index contributed by atoms with van der Waals surface area (Å²) >= 11 is 14.4. The van der Waals surface area contributed by atoms with Crippen molar-refractivity contribution in [3.05, 3.63) is 35.9 Å². The highest BCUT2D eigenvalue weighted by Gasteiger charge is 1.81. The minimum Gasteiger partial charge on any atom is -0.466 e. The summed E-state index contributed by atoms with van der Waals surface area (Å²) in [6, 6.07) is 10.3. The molecule has 1 rings (SSSR count). The normalized spacial score (nSPS) is 8.05. The molecule has 118 valence electrons. The van der Waals surface area contributed by atoms with Gasteiger partial charge in [0.25, 0.3) is 0 Å². The van der Waals surface area contributed by atoms with Crippen LogP contribution in [0.15, 0.2) is 30.3 Å². The first-order valence-corrected chi connectivity index (χ1v) is 7.30. The summed E-state index contributed by atoms with van der Waals surface area (Å²) in [6.07, 6.45) is 0. The minimum absolute atomic E-state index is 0.211. The van der Waals surface area contributed by atoms with Crippen LogP contribution in [-0.4, -0.2) is 28.6 Å². The Hall–Kier alpha value is -0.480. The monoisotopic (exact) mass is 344 g/mol. The zero-order valence-corrected chi connectivity index (χ0v) is 14.5. The number of hydrogen-bond donors (Lipinski definition) is 1. The number of rotatable bonds is 1. The van der Waals surface area contributed by atoms with Crippen molar-refractivity contribution in [3.8, 4) is 0 Å². The Bertz CT molecular complexity index is 290. The third kappa shape index (κ3) is 43.2. The van der Waals surface area contributed by atoms with E-state index in [1.165, 1.54) is 12.5 Å². The predicted molar refractivity (Wildman–Crippen MR) is 87.6 cm³/mol. The highest BCUT2D eigenvalue weighted by atomic mass is 35.6. The lowest BCUT2D eigenvalue weighted by Crippen LogP contribution is -1.95. The molecule has 20 heavy (non-hydrogen) atoms. The predicted octanol–water partition coefficient (Wildman–Crippen LogP) is 4.55. The molecular weight excluding hydrogens is 323 g/mol. The maximum Gasteiger partial charge on any atom is 0.302 e. The van der Waals surface area contributed by atoms with E-state index in [-0.39, 0.29) is 12.6 Å². The van der Waals surface area contributed by atoms with Crippen LogP contribution >= 0.6 is 34.8 Å². The van der Waals surface area contributed by atoms with Crippen LogP contribution in [0.25, 0.3) is 0 Å². The SMILES string of the molecule is CCO.CCOC(C)=O.Cc1ccccc1.ClC(Cl)Cl. The van der Waals surface area contributed by atoms with Crippen LogP contribution in [0.1, 0.15) is 26.3 Å². The van der Waals surface area contributed by atoms with Gasteiger partial charge in [0, 0.05) is 13.5 Å². The fourth-order valence-corrected chi connectivity index (χ4v) is 0.738. The van der Waals surface area contributed by atoms with Gasteiger partial charge in [-0.05, 0) is 20.8 Å². The van der Waals surface area contributed by atoms with E-state index in [1.807, 2.05) is 18.2 Å².